The molecule has 1 atom stereocenters. The first-order valence-corrected chi connectivity index (χ1v) is 6.54. The summed E-state index contributed by atoms with van der Waals surface area (Å²) >= 11 is 0. The smallest absolute Gasteiger partial charge is 0.341 e. The molecule has 0 amide bonds. The SMILES string of the molecule is COC(=O)c1cc(N)cnc1NC(C)CCC(C)C. The third kappa shape index (κ3) is 4.77. The number of nitrogens with two attached hydrogens (primary N) is 1. The molecule has 0 bridgehead atoms. The van der Waals surface area contributed by atoms with Gasteiger partial charge in [0.1, 0.15) is 11.4 Å². The predicted octanol–water partition coefficient (Wildman–Crippen LogP) is 2.69. The summed E-state index contributed by atoms with van der Waals surface area (Å²) < 4.78 is 4.74. The molecule has 1 aromatic rings. The van der Waals surface area contributed by atoms with Gasteiger partial charge in [-0.15, -0.1) is 0 Å². The number of pyridine rings is 1. The molecule has 5 heteroatoms. The summed E-state index contributed by atoms with van der Waals surface area (Å²) in [5.74, 6) is 0.749. The molecule has 0 aliphatic heterocycles. The molecule has 0 saturated carbocycles. The second-order valence-electron chi connectivity index (χ2n) is 5.17. The van der Waals surface area contributed by atoms with E-state index in [0.717, 1.165) is 12.8 Å². The minimum absolute atomic E-state index is 0.238. The van der Waals surface area contributed by atoms with Crippen LogP contribution in [0.15, 0.2) is 12.3 Å². The molecule has 106 valence electrons. The van der Waals surface area contributed by atoms with Crippen molar-refractivity contribution in [1.29, 1.82) is 0 Å². The zero-order valence-electron chi connectivity index (χ0n) is 12.1. The van der Waals surface area contributed by atoms with Gasteiger partial charge in [-0.3, -0.25) is 0 Å². The van der Waals surface area contributed by atoms with Gasteiger partial charge in [0.15, 0.2) is 0 Å². The van der Waals surface area contributed by atoms with Crippen LogP contribution in [0.2, 0.25) is 0 Å². The number of nitrogen functional groups attached to an aromatic ring is 1. The Bertz CT molecular complexity index is 433. The van der Waals surface area contributed by atoms with Crippen LogP contribution in [0.1, 0.15) is 44.0 Å². The lowest BCUT2D eigenvalue weighted by molar-refractivity contribution is 0.0601. The van der Waals surface area contributed by atoms with Crippen molar-refractivity contribution in [2.24, 2.45) is 5.92 Å². The summed E-state index contributed by atoms with van der Waals surface area (Å²) in [6.45, 7) is 6.45. The van der Waals surface area contributed by atoms with Crippen molar-refractivity contribution in [3.05, 3.63) is 17.8 Å². The Morgan fingerprint density at radius 1 is 1.42 bits per heavy atom. The Morgan fingerprint density at radius 2 is 2.11 bits per heavy atom. The lowest BCUT2D eigenvalue weighted by Gasteiger charge is -2.17. The molecule has 0 fully saturated rings. The van der Waals surface area contributed by atoms with Crippen LogP contribution in [-0.2, 0) is 4.74 Å². The van der Waals surface area contributed by atoms with Crippen molar-refractivity contribution in [3.63, 3.8) is 0 Å². The maximum absolute atomic E-state index is 11.7. The van der Waals surface area contributed by atoms with Crippen LogP contribution in [0.25, 0.3) is 0 Å². The molecule has 0 radical (unpaired) electrons. The molecule has 1 rings (SSSR count). The number of nitrogens with one attached hydrogen (secondary N) is 1. The topological polar surface area (TPSA) is 77.2 Å². The van der Waals surface area contributed by atoms with Crippen LogP contribution in [0.4, 0.5) is 11.5 Å². The lowest BCUT2D eigenvalue weighted by Crippen LogP contribution is -2.19. The molecular weight excluding hydrogens is 242 g/mol. The van der Waals surface area contributed by atoms with E-state index in [2.05, 4.69) is 31.1 Å². The summed E-state index contributed by atoms with van der Waals surface area (Å²) in [7, 11) is 1.34. The van der Waals surface area contributed by atoms with Crippen LogP contribution < -0.4 is 11.1 Å². The second kappa shape index (κ2) is 6.97. The van der Waals surface area contributed by atoms with Crippen molar-refractivity contribution >= 4 is 17.5 Å². The van der Waals surface area contributed by atoms with Gasteiger partial charge in [-0.2, -0.15) is 0 Å². The maximum atomic E-state index is 11.7. The number of rotatable bonds is 6. The van der Waals surface area contributed by atoms with E-state index in [1.165, 1.54) is 13.3 Å². The van der Waals surface area contributed by atoms with E-state index < -0.39 is 5.97 Å². The highest BCUT2D eigenvalue weighted by Crippen LogP contribution is 2.19. The summed E-state index contributed by atoms with van der Waals surface area (Å²) in [4.78, 5) is 15.9. The summed E-state index contributed by atoms with van der Waals surface area (Å²) in [6.07, 6.45) is 3.67. The van der Waals surface area contributed by atoms with Gasteiger partial charge in [0.05, 0.1) is 19.0 Å². The van der Waals surface area contributed by atoms with Gasteiger partial charge < -0.3 is 15.8 Å². The van der Waals surface area contributed by atoms with Gasteiger partial charge in [0.25, 0.3) is 0 Å². The second-order valence-corrected chi connectivity index (χ2v) is 5.17. The van der Waals surface area contributed by atoms with Gasteiger partial charge >= 0.3 is 5.97 Å². The number of nitrogens with zero attached hydrogens (tertiary/aromatic N) is 1. The summed E-state index contributed by atoms with van der Waals surface area (Å²) in [5, 5.41) is 3.24. The zero-order chi connectivity index (χ0) is 14.4. The fraction of sp³-hybridized carbons (Fsp3) is 0.571. The summed E-state index contributed by atoms with van der Waals surface area (Å²) in [6, 6.07) is 1.82. The molecule has 0 spiro atoms. The quantitative estimate of drug-likeness (QED) is 0.773. The number of methoxy groups -OCH3 is 1. The fourth-order valence-corrected chi connectivity index (χ4v) is 1.75. The largest absolute Gasteiger partial charge is 0.465 e. The van der Waals surface area contributed by atoms with E-state index >= 15 is 0 Å². The molecule has 5 nitrogen and oxygen atoms in total. The van der Waals surface area contributed by atoms with Gasteiger partial charge in [0, 0.05) is 6.04 Å². The number of hydrogen-bond acceptors (Lipinski definition) is 5. The molecule has 0 saturated heterocycles. The number of hydrogen-bond donors (Lipinski definition) is 2. The first-order chi connectivity index (χ1) is 8.93. The predicted molar refractivity (Wildman–Crippen MR) is 77.1 cm³/mol. The molecule has 1 aromatic heterocycles. The number of carbonyl (C=O) groups excluding carboxylic acids is 1. The van der Waals surface area contributed by atoms with Crippen molar-refractivity contribution < 1.29 is 9.53 Å². The first kappa shape index (κ1) is 15.3. The Morgan fingerprint density at radius 3 is 2.68 bits per heavy atom. The average molecular weight is 265 g/mol. The zero-order valence-corrected chi connectivity index (χ0v) is 12.1. The van der Waals surface area contributed by atoms with E-state index in [1.54, 1.807) is 6.07 Å². The van der Waals surface area contributed by atoms with E-state index in [0.29, 0.717) is 23.0 Å². The van der Waals surface area contributed by atoms with E-state index in [9.17, 15) is 4.79 Å². The molecule has 1 heterocycles. The normalized spacial score (nSPS) is 12.3. The van der Waals surface area contributed by atoms with E-state index in [4.69, 9.17) is 10.5 Å². The third-order valence-electron chi connectivity index (χ3n) is 2.87. The van der Waals surface area contributed by atoms with Gasteiger partial charge in [0.2, 0.25) is 0 Å². The van der Waals surface area contributed by atoms with Crippen molar-refractivity contribution in [2.75, 3.05) is 18.2 Å². The Hall–Kier alpha value is -1.78. The minimum atomic E-state index is -0.432. The van der Waals surface area contributed by atoms with Crippen LogP contribution in [0.3, 0.4) is 0 Å². The summed E-state index contributed by atoms with van der Waals surface area (Å²) in [5.41, 5.74) is 6.47. The first-order valence-electron chi connectivity index (χ1n) is 6.54. The van der Waals surface area contributed by atoms with Gasteiger partial charge in [-0.1, -0.05) is 13.8 Å². The number of esters is 1. The van der Waals surface area contributed by atoms with Crippen LogP contribution in [0, 0.1) is 5.92 Å². The highest BCUT2D eigenvalue weighted by atomic mass is 16.5. The Balaban J connectivity index is 2.79. The van der Waals surface area contributed by atoms with Crippen molar-refractivity contribution in [3.8, 4) is 0 Å². The lowest BCUT2D eigenvalue weighted by atomic mass is 10.0. The molecule has 19 heavy (non-hydrogen) atoms. The standard InChI is InChI=1S/C14H23N3O2/c1-9(2)5-6-10(3)17-13-12(14(18)19-4)7-11(15)8-16-13/h7-10H,5-6,15H2,1-4H3,(H,16,17). The fourth-order valence-electron chi connectivity index (χ4n) is 1.75. The van der Waals surface area contributed by atoms with E-state index in [-0.39, 0.29) is 6.04 Å². The molecular formula is C14H23N3O2. The van der Waals surface area contributed by atoms with E-state index in [1.807, 2.05) is 0 Å². The Labute approximate surface area is 114 Å². The highest BCUT2D eigenvalue weighted by molar-refractivity contribution is 5.95. The number of ether oxygens (including phenoxy) is 1. The van der Waals surface area contributed by atoms with Crippen molar-refractivity contribution in [2.45, 2.75) is 39.7 Å². The van der Waals surface area contributed by atoms with Crippen LogP contribution in [0.5, 0.6) is 0 Å². The van der Waals surface area contributed by atoms with Crippen LogP contribution in [-0.4, -0.2) is 24.1 Å². The maximum Gasteiger partial charge on any atom is 0.341 e. The molecule has 1 unspecified atom stereocenters. The molecule has 3 N–H and O–H groups in total. The highest BCUT2D eigenvalue weighted by Gasteiger charge is 2.15. The minimum Gasteiger partial charge on any atom is -0.465 e. The number of carbonyl (C=O) groups is 1. The molecule has 0 aliphatic rings. The third-order valence-corrected chi connectivity index (χ3v) is 2.87. The van der Waals surface area contributed by atoms with Gasteiger partial charge in [-0.05, 0) is 31.7 Å². The molecule has 0 aliphatic carbocycles. The number of aromatic nitrogens is 1. The monoisotopic (exact) mass is 265 g/mol. The van der Waals surface area contributed by atoms with Crippen LogP contribution >= 0.6 is 0 Å². The van der Waals surface area contributed by atoms with Crippen molar-refractivity contribution in [1.82, 2.24) is 4.98 Å². The van der Waals surface area contributed by atoms with Gasteiger partial charge in [-0.25, -0.2) is 9.78 Å². The molecule has 0 aromatic carbocycles. The number of anilines is 2. The Kier molecular flexibility index (Phi) is 5.60. The average Bonchev–Trinajstić information content (AvgIpc) is 2.37.